The number of aromatic nitrogens is 2. The minimum atomic E-state index is -3.54. The summed E-state index contributed by atoms with van der Waals surface area (Å²) in [7, 11) is -3.54. The first-order chi connectivity index (χ1) is 11.5. The Kier molecular flexibility index (Phi) is 4.72. The van der Waals surface area contributed by atoms with Crippen LogP contribution >= 0.6 is 23.7 Å². The van der Waals surface area contributed by atoms with Crippen LogP contribution in [0.1, 0.15) is 25.1 Å². The molecule has 1 saturated carbocycles. The highest BCUT2D eigenvalue weighted by Crippen LogP contribution is 2.39. The molecule has 9 heteroatoms. The number of nitrogens with zero attached hydrogens (tertiary/aromatic N) is 2. The van der Waals surface area contributed by atoms with E-state index < -0.39 is 15.4 Å². The molecule has 1 aliphatic carbocycles. The van der Waals surface area contributed by atoms with Gasteiger partial charge in [0, 0.05) is 0 Å². The summed E-state index contributed by atoms with van der Waals surface area (Å²) >= 11 is 1.11. The van der Waals surface area contributed by atoms with Gasteiger partial charge in [0.1, 0.15) is 4.21 Å². The fourth-order valence-corrected chi connectivity index (χ4v) is 5.25. The van der Waals surface area contributed by atoms with Crippen molar-refractivity contribution in [2.24, 2.45) is 5.73 Å². The van der Waals surface area contributed by atoms with Crippen LogP contribution in [-0.4, -0.2) is 18.6 Å². The van der Waals surface area contributed by atoms with Crippen molar-refractivity contribution in [3.63, 3.8) is 0 Å². The summed E-state index contributed by atoms with van der Waals surface area (Å²) in [5.74, 6) is 0.797. The highest BCUT2D eigenvalue weighted by molar-refractivity contribution is 7.93. The van der Waals surface area contributed by atoms with Gasteiger partial charge in [-0.05, 0) is 43.5 Å². The lowest BCUT2D eigenvalue weighted by molar-refractivity contribution is 0.229. The third-order valence-electron chi connectivity index (χ3n) is 4.23. The second kappa shape index (κ2) is 6.53. The van der Waals surface area contributed by atoms with Gasteiger partial charge in [0.15, 0.2) is 5.82 Å². The highest BCUT2D eigenvalue weighted by Gasteiger charge is 2.39. The predicted octanol–water partition coefficient (Wildman–Crippen LogP) is 3.39. The van der Waals surface area contributed by atoms with Crippen LogP contribution in [0.4, 0.5) is 0 Å². The highest BCUT2D eigenvalue weighted by atomic mass is 35.5. The van der Waals surface area contributed by atoms with E-state index in [4.69, 9.17) is 10.3 Å². The van der Waals surface area contributed by atoms with Crippen molar-refractivity contribution in [3.05, 3.63) is 48.3 Å². The van der Waals surface area contributed by atoms with E-state index in [1.165, 1.54) is 0 Å². The van der Waals surface area contributed by atoms with Crippen molar-refractivity contribution in [1.29, 1.82) is 0 Å². The lowest BCUT2D eigenvalue weighted by atomic mass is 9.77. The zero-order valence-electron chi connectivity index (χ0n) is 13.1. The van der Waals surface area contributed by atoms with Crippen LogP contribution in [0, 0.1) is 0 Å². The lowest BCUT2D eigenvalue weighted by Gasteiger charge is -2.34. The fraction of sp³-hybridized carbons (Fsp3) is 0.250. The number of benzene rings is 1. The zero-order chi connectivity index (χ0) is 16.8. The van der Waals surface area contributed by atoms with E-state index in [-0.39, 0.29) is 21.5 Å². The van der Waals surface area contributed by atoms with Crippen molar-refractivity contribution in [2.45, 2.75) is 33.9 Å². The Bertz CT molecular complexity index is 979. The normalized spacial score (nSPS) is 16.0. The Labute approximate surface area is 155 Å². The summed E-state index contributed by atoms with van der Waals surface area (Å²) < 4.78 is 30.8. The molecule has 1 aliphatic rings. The first-order valence-electron chi connectivity index (χ1n) is 7.52. The summed E-state index contributed by atoms with van der Waals surface area (Å²) in [6, 6.07) is 11.6. The van der Waals surface area contributed by atoms with Gasteiger partial charge in [-0.3, -0.25) is 0 Å². The molecule has 0 atom stereocenters. The van der Waals surface area contributed by atoms with Crippen molar-refractivity contribution < 1.29 is 12.9 Å². The van der Waals surface area contributed by atoms with Crippen molar-refractivity contribution in [1.82, 2.24) is 10.1 Å². The molecule has 0 bridgehead atoms. The maximum Gasteiger partial charge on any atom is 0.268 e. The Morgan fingerprint density at radius 3 is 2.48 bits per heavy atom. The van der Waals surface area contributed by atoms with Crippen LogP contribution in [-0.2, 0) is 15.4 Å². The Morgan fingerprint density at radius 1 is 1.12 bits per heavy atom. The average molecular weight is 398 g/mol. The summed E-state index contributed by atoms with van der Waals surface area (Å²) in [5, 5.41) is 3.96. The van der Waals surface area contributed by atoms with Gasteiger partial charge >= 0.3 is 0 Å². The summed E-state index contributed by atoms with van der Waals surface area (Å²) in [6.45, 7) is 0. The monoisotopic (exact) mass is 397 g/mol. The minimum absolute atomic E-state index is 0. The van der Waals surface area contributed by atoms with Crippen LogP contribution < -0.4 is 5.73 Å². The predicted molar refractivity (Wildman–Crippen MR) is 96.5 cm³/mol. The maximum atomic E-state index is 12.6. The van der Waals surface area contributed by atoms with E-state index in [9.17, 15) is 8.42 Å². The molecule has 4 rings (SSSR count). The number of sulfone groups is 1. The largest absolute Gasteiger partial charge is 0.333 e. The third-order valence-corrected chi connectivity index (χ3v) is 7.56. The molecule has 1 aromatic carbocycles. The van der Waals surface area contributed by atoms with Gasteiger partial charge in [0.25, 0.3) is 5.89 Å². The van der Waals surface area contributed by atoms with E-state index in [0.29, 0.717) is 16.6 Å². The van der Waals surface area contributed by atoms with Crippen LogP contribution in [0.3, 0.4) is 0 Å². The SMILES string of the molecule is Cl.NC1(c2noc(-c3ccc(S(=O)(=O)c4ccccc4)s3)n2)CCC1. The number of rotatable bonds is 4. The van der Waals surface area contributed by atoms with Gasteiger partial charge in [-0.15, -0.1) is 23.7 Å². The van der Waals surface area contributed by atoms with Crippen LogP contribution in [0.25, 0.3) is 10.8 Å². The smallest absolute Gasteiger partial charge is 0.268 e. The second-order valence-corrected chi connectivity index (χ2v) is 9.13. The van der Waals surface area contributed by atoms with Gasteiger partial charge in [-0.2, -0.15) is 4.98 Å². The zero-order valence-corrected chi connectivity index (χ0v) is 15.5. The van der Waals surface area contributed by atoms with Gasteiger partial charge in [0.2, 0.25) is 9.84 Å². The first-order valence-corrected chi connectivity index (χ1v) is 9.82. The molecule has 0 unspecified atom stereocenters. The number of hydrogen-bond acceptors (Lipinski definition) is 7. The van der Waals surface area contributed by atoms with Crippen molar-refractivity contribution in [2.75, 3.05) is 0 Å². The molecule has 1 fully saturated rings. The quantitative estimate of drug-likeness (QED) is 0.724. The number of thiophene rings is 1. The summed E-state index contributed by atoms with van der Waals surface area (Å²) in [6.07, 6.45) is 2.73. The van der Waals surface area contributed by atoms with E-state index in [1.54, 1.807) is 42.5 Å². The lowest BCUT2D eigenvalue weighted by Crippen LogP contribution is -2.44. The van der Waals surface area contributed by atoms with Gasteiger partial charge < -0.3 is 10.3 Å². The van der Waals surface area contributed by atoms with Gasteiger partial charge in [0.05, 0.1) is 15.3 Å². The summed E-state index contributed by atoms with van der Waals surface area (Å²) in [5.41, 5.74) is 5.69. The molecule has 2 heterocycles. The molecule has 3 aromatic rings. The molecule has 132 valence electrons. The maximum absolute atomic E-state index is 12.6. The molecular formula is C16H16ClN3O3S2. The van der Waals surface area contributed by atoms with Gasteiger partial charge in [-0.25, -0.2) is 8.42 Å². The topological polar surface area (TPSA) is 99.1 Å². The summed E-state index contributed by atoms with van der Waals surface area (Å²) in [4.78, 5) is 5.24. The molecule has 2 aromatic heterocycles. The van der Waals surface area contributed by atoms with Crippen LogP contribution in [0.2, 0.25) is 0 Å². The number of halogens is 1. The molecule has 0 amide bonds. The van der Waals surface area contributed by atoms with E-state index in [2.05, 4.69) is 10.1 Å². The Hall–Kier alpha value is -1.74. The number of nitrogens with two attached hydrogens (primary N) is 1. The van der Waals surface area contributed by atoms with Crippen LogP contribution in [0.15, 0.2) is 56.1 Å². The Morgan fingerprint density at radius 2 is 1.84 bits per heavy atom. The van der Waals surface area contributed by atoms with E-state index in [0.717, 1.165) is 30.6 Å². The molecule has 0 spiro atoms. The van der Waals surface area contributed by atoms with Gasteiger partial charge in [-0.1, -0.05) is 23.4 Å². The van der Waals surface area contributed by atoms with E-state index in [1.807, 2.05) is 0 Å². The molecular weight excluding hydrogens is 382 g/mol. The Balaban J connectivity index is 0.00000182. The molecule has 0 saturated heterocycles. The van der Waals surface area contributed by atoms with Crippen LogP contribution in [0.5, 0.6) is 0 Å². The molecule has 0 aliphatic heterocycles. The van der Waals surface area contributed by atoms with Crippen molar-refractivity contribution >= 4 is 33.6 Å². The van der Waals surface area contributed by atoms with E-state index >= 15 is 0 Å². The second-order valence-electron chi connectivity index (χ2n) is 5.87. The first kappa shape index (κ1) is 18.1. The molecule has 25 heavy (non-hydrogen) atoms. The van der Waals surface area contributed by atoms with Crippen molar-refractivity contribution in [3.8, 4) is 10.8 Å². The number of hydrogen-bond donors (Lipinski definition) is 1. The molecule has 6 nitrogen and oxygen atoms in total. The minimum Gasteiger partial charge on any atom is -0.333 e. The fourth-order valence-electron chi connectivity index (χ4n) is 2.60. The average Bonchev–Trinajstić information content (AvgIpc) is 3.23. The third kappa shape index (κ3) is 3.10. The molecule has 2 N–H and O–H groups in total. The standard InChI is InChI=1S/C16H15N3O3S2.ClH/c17-16(9-4-10-16)15-18-14(22-19-15)12-7-8-13(23-12)24(20,21)11-5-2-1-3-6-11;/h1-3,5-8H,4,9-10,17H2;1H. The molecule has 0 radical (unpaired) electrons.